The van der Waals surface area contributed by atoms with Crippen LogP contribution in [-0.4, -0.2) is 80.0 Å². The normalized spacial score (nSPS) is 20.1. The van der Waals surface area contributed by atoms with Gasteiger partial charge in [-0.15, -0.1) is 0 Å². The Kier molecular flexibility index (Phi) is 6.05. The molecule has 1 atom stereocenters. The van der Waals surface area contributed by atoms with Gasteiger partial charge < -0.3 is 20.4 Å². The van der Waals surface area contributed by atoms with E-state index in [1.54, 1.807) is 11.8 Å². The van der Waals surface area contributed by atoms with Gasteiger partial charge >= 0.3 is 0 Å². The van der Waals surface area contributed by atoms with Crippen LogP contribution >= 0.6 is 0 Å². The Balaban J connectivity index is 2.28. The SMILES string of the molecule is CC(N)C(=O)N(C)CCN(C)C1CCN(C)CC1. The summed E-state index contributed by atoms with van der Waals surface area (Å²) in [5.41, 5.74) is 5.59. The molecular formula is C13H28N4O. The number of carbonyl (C=O) groups is 1. The third-order valence-corrected chi connectivity index (χ3v) is 3.87. The van der Waals surface area contributed by atoms with Gasteiger partial charge in [0.1, 0.15) is 0 Å². The molecule has 2 N–H and O–H groups in total. The first kappa shape index (κ1) is 15.4. The van der Waals surface area contributed by atoms with Crippen molar-refractivity contribution in [3.63, 3.8) is 0 Å². The zero-order valence-corrected chi connectivity index (χ0v) is 12.2. The number of hydrogen-bond acceptors (Lipinski definition) is 4. The van der Waals surface area contributed by atoms with Crippen LogP contribution < -0.4 is 5.73 Å². The smallest absolute Gasteiger partial charge is 0.238 e. The Labute approximate surface area is 111 Å². The second kappa shape index (κ2) is 7.07. The Bertz CT molecular complexity index is 262. The van der Waals surface area contributed by atoms with Gasteiger partial charge in [0.2, 0.25) is 5.91 Å². The average molecular weight is 256 g/mol. The molecule has 1 rings (SSSR count). The van der Waals surface area contributed by atoms with Crippen LogP contribution in [0, 0.1) is 0 Å². The first-order chi connectivity index (χ1) is 8.41. The highest BCUT2D eigenvalue weighted by Gasteiger charge is 2.21. The minimum absolute atomic E-state index is 0.0202. The van der Waals surface area contributed by atoms with Crippen molar-refractivity contribution >= 4 is 5.91 Å². The molecule has 106 valence electrons. The highest BCUT2D eigenvalue weighted by Crippen LogP contribution is 2.13. The molecular weight excluding hydrogens is 228 g/mol. The Morgan fingerprint density at radius 3 is 2.39 bits per heavy atom. The number of amides is 1. The summed E-state index contributed by atoms with van der Waals surface area (Å²) in [4.78, 5) is 18.1. The van der Waals surface area contributed by atoms with Gasteiger partial charge in [0.15, 0.2) is 0 Å². The zero-order chi connectivity index (χ0) is 13.7. The molecule has 0 aromatic carbocycles. The van der Waals surface area contributed by atoms with E-state index in [1.807, 2.05) is 7.05 Å². The summed E-state index contributed by atoms with van der Waals surface area (Å²) in [6.07, 6.45) is 2.44. The summed E-state index contributed by atoms with van der Waals surface area (Å²) in [5, 5.41) is 0. The minimum atomic E-state index is -0.399. The molecule has 1 saturated heterocycles. The van der Waals surface area contributed by atoms with Crippen LogP contribution in [0.25, 0.3) is 0 Å². The molecule has 5 heteroatoms. The predicted molar refractivity (Wildman–Crippen MR) is 74.4 cm³/mol. The van der Waals surface area contributed by atoms with E-state index in [1.165, 1.54) is 25.9 Å². The Morgan fingerprint density at radius 2 is 1.89 bits per heavy atom. The van der Waals surface area contributed by atoms with E-state index in [2.05, 4.69) is 23.9 Å². The quantitative estimate of drug-likeness (QED) is 0.741. The van der Waals surface area contributed by atoms with Gasteiger partial charge in [-0.25, -0.2) is 0 Å². The molecule has 0 aromatic heterocycles. The lowest BCUT2D eigenvalue weighted by molar-refractivity contribution is -0.131. The van der Waals surface area contributed by atoms with Crippen LogP contribution in [-0.2, 0) is 4.79 Å². The van der Waals surface area contributed by atoms with Crippen LogP contribution in [0.4, 0.5) is 0 Å². The van der Waals surface area contributed by atoms with Gasteiger partial charge in [0, 0.05) is 26.2 Å². The monoisotopic (exact) mass is 256 g/mol. The molecule has 0 bridgehead atoms. The van der Waals surface area contributed by atoms with Crippen molar-refractivity contribution < 1.29 is 4.79 Å². The molecule has 1 aliphatic heterocycles. The molecule has 0 saturated carbocycles. The van der Waals surface area contributed by atoms with Crippen LogP contribution in [0.1, 0.15) is 19.8 Å². The lowest BCUT2D eigenvalue weighted by atomic mass is 10.0. The lowest BCUT2D eigenvalue weighted by Crippen LogP contribution is -2.46. The predicted octanol–water partition coefficient (Wildman–Crippen LogP) is -0.182. The number of piperidine rings is 1. The molecule has 0 spiro atoms. The summed E-state index contributed by atoms with van der Waals surface area (Å²) >= 11 is 0. The average Bonchev–Trinajstić information content (AvgIpc) is 2.35. The van der Waals surface area contributed by atoms with E-state index in [9.17, 15) is 4.79 Å². The van der Waals surface area contributed by atoms with Gasteiger partial charge in [-0.1, -0.05) is 0 Å². The number of carbonyl (C=O) groups excluding carboxylic acids is 1. The highest BCUT2D eigenvalue weighted by molar-refractivity contribution is 5.80. The second-order valence-corrected chi connectivity index (χ2v) is 5.56. The maximum Gasteiger partial charge on any atom is 0.238 e. The van der Waals surface area contributed by atoms with E-state index in [0.29, 0.717) is 6.04 Å². The number of hydrogen-bond donors (Lipinski definition) is 1. The van der Waals surface area contributed by atoms with Crippen LogP contribution in [0.15, 0.2) is 0 Å². The first-order valence-electron chi connectivity index (χ1n) is 6.81. The third-order valence-electron chi connectivity index (χ3n) is 3.87. The number of likely N-dealkylation sites (N-methyl/N-ethyl adjacent to an activating group) is 2. The van der Waals surface area contributed by atoms with Gasteiger partial charge in [-0.3, -0.25) is 4.79 Å². The fraction of sp³-hybridized carbons (Fsp3) is 0.923. The summed E-state index contributed by atoms with van der Waals surface area (Å²) in [6.45, 7) is 5.75. The van der Waals surface area contributed by atoms with Gasteiger partial charge in [-0.2, -0.15) is 0 Å². The molecule has 1 aliphatic rings. The Hall–Kier alpha value is -0.650. The molecule has 1 heterocycles. The number of nitrogens with two attached hydrogens (primary N) is 1. The molecule has 5 nitrogen and oxygen atoms in total. The van der Waals surface area contributed by atoms with Crippen LogP contribution in [0.2, 0.25) is 0 Å². The summed E-state index contributed by atoms with van der Waals surface area (Å²) in [5.74, 6) is 0.0202. The Morgan fingerprint density at radius 1 is 1.33 bits per heavy atom. The molecule has 0 radical (unpaired) electrons. The largest absolute Gasteiger partial charge is 0.343 e. The van der Waals surface area contributed by atoms with Crippen molar-refractivity contribution in [3.8, 4) is 0 Å². The van der Waals surface area contributed by atoms with E-state index < -0.39 is 6.04 Å². The fourth-order valence-electron chi connectivity index (χ4n) is 2.38. The van der Waals surface area contributed by atoms with Crippen molar-refractivity contribution in [2.24, 2.45) is 5.73 Å². The second-order valence-electron chi connectivity index (χ2n) is 5.56. The maximum atomic E-state index is 11.7. The summed E-state index contributed by atoms with van der Waals surface area (Å²) in [7, 11) is 6.15. The van der Waals surface area contributed by atoms with Gasteiger partial charge in [-0.05, 0) is 47.0 Å². The van der Waals surface area contributed by atoms with E-state index in [-0.39, 0.29) is 5.91 Å². The van der Waals surface area contributed by atoms with Crippen molar-refractivity contribution in [3.05, 3.63) is 0 Å². The zero-order valence-electron chi connectivity index (χ0n) is 12.2. The molecule has 18 heavy (non-hydrogen) atoms. The summed E-state index contributed by atoms with van der Waals surface area (Å²) in [6, 6.07) is 0.253. The minimum Gasteiger partial charge on any atom is -0.343 e. The van der Waals surface area contributed by atoms with E-state index in [4.69, 9.17) is 5.73 Å². The third kappa shape index (κ3) is 4.55. The van der Waals surface area contributed by atoms with Crippen molar-refractivity contribution in [2.45, 2.75) is 31.8 Å². The molecule has 0 aromatic rings. The van der Waals surface area contributed by atoms with E-state index >= 15 is 0 Å². The molecule has 0 aliphatic carbocycles. The molecule has 1 amide bonds. The van der Waals surface area contributed by atoms with E-state index in [0.717, 1.165) is 13.1 Å². The fourth-order valence-corrected chi connectivity index (χ4v) is 2.38. The number of rotatable bonds is 5. The number of nitrogens with zero attached hydrogens (tertiary/aromatic N) is 3. The first-order valence-corrected chi connectivity index (χ1v) is 6.81. The van der Waals surface area contributed by atoms with Crippen LogP contribution in [0.5, 0.6) is 0 Å². The summed E-state index contributed by atoms with van der Waals surface area (Å²) < 4.78 is 0. The lowest BCUT2D eigenvalue weighted by Gasteiger charge is -2.35. The molecule has 1 unspecified atom stereocenters. The van der Waals surface area contributed by atoms with Gasteiger partial charge in [0.25, 0.3) is 0 Å². The van der Waals surface area contributed by atoms with Crippen molar-refractivity contribution in [1.82, 2.24) is 14.7 Å². The highest BCUT2D eigenvalue weighted by atomic mass is 16.2. The van der Waals surface area contributed by atoms with Crippen LogP contribution in [0.3, 0.4) is 0 Å². The van der Waals surface area contributed by atoms with Crippen molar-refractivity contribution in [1.29, 1.82) is 0 Å². The van der Waals surface area contributed by atoms with Crippen molar-refractivity contribution in [2.75, 3.05) is 47.3 Å². The molecule has 1 fully saturated rings. The van der Waals surface area contributed by atoms with Gasteiger partial charge in [0.05, 0.1) is 6.04 Å². The number of likely N-dealkylation sites (tertiary alicyclic amines) is 1. The maximum absolute atomic E-state index is 11.7. The standard InChI is InChI=1S/C13H28N4O/c1-11(14)13(18)17(4)10-9-16(3)12-5-7-15(2)8-6-12/h11-12H,5-10,14H2,1-4H3. The topological polar surface area (TPSA) is 52.8 Å².